The summed E-state index contributed by atoms with van der Waals surface area (Å²) in [7, 11) is 2.84. The van der Waals surface area contributed by atoms with Crippen molar-refractivity contribution in [2.24, 2.45) is 0 Å². The summed E-state index contributed by atoms with van der Waals surface area (Å²) in [5, 5.41) is 10.3. The highest BCUT2D eigenvalue weighted by molar-refractivity contribution is 6.39. The first-order valence-corrected chi connectivity index (χ1v) is 7.55. The van der Waals surface area contributed by atoms with Gasteiger partial charge in [-0.2, -0.15) is 0 Å². The minimum absolute atomic E-state index is 0.111. The Bertz CT molecular complexity index is 770. The van der Waals surface area contributed by atoms with Crippen LogP contribution in [0.15, 0.2) is 30.3 Å². The fraction of sp³-hybridized carbons (Fsp3) is 0.118. The van der Waals surface area contributed by atoms with Gasteiger partial charge in [0.05, 0.1) is 30.0 Å². The Kier molecular flexibility index (Phi) is 5.59. The molecule has 0 fully saturated rings. The Hall–Kier alpha value is -2.37. The van der Waals surface area contributed by atoms with E-state index in [9.17, 15) is 9.90 Å². The second-order valence-electron chi connectivity index (χ2n) is 4.83. The van der Waals surface area contributed by atoms with E-state index in [2.05, 4.69) is 0 Å². The Morgan fingerprint density at radius 2 is 1.58 bits per heavy atom. The van der Waals surface area contributed by atoms with Crippen molar-refractivity contribution in [3.05, 3.63) is 51.5 Å². The standard InChI is InChI=1S/C17H15Cl2NO4/c1-23-14-5-9(6-15(24-2)17(14)22)3-4-13(21)10-7-11(18)16(20)12(19)8-10/h3-8,22H,20H2,1-2H3/b4-3+. The predicted octanol–water partition coefficient (Wildman–Crippen LogP) is 4.19. The number of aromatic hydroxyl groups is 1. The van der Waals surface area contributed by atoms with Crippen molar-refractivity contribution in [3.63, 3.8) is 0 Å². The lowest BCUT2D eigenvalue weighted by molar-refractivity contribution is 0.104. The highest BCUT2D eigenvalue weighted by atomic mass is 35.5. The molecule has 0 saturated carbocycles. The smallest absolute Gasteiger partial charge is 0.200 e. The first-order chi connectivity index (χ1) is 11.4. The Balaban J connectivity index is 2.32. The summed E-state index contributed by atoms with van der Waals surface area (Å²) in [6.45, 7) is 0. The summed E-state index contributed by atoms with van der Waals surface area (Å²) in [6, 6.07) is 6.05. The summed E-state index contributed by atoms with van der Waals surface area (Å²) in [4.78, 5) is 12.3. The number of halogens is 2. The molecule has 0 unspecified atom stereocenters. The van der Waals surface area contributed by atoms with E-state index in [1.54, 1.807) is 18.2 Å². The number of phenols is 1. The van der Waals surface area contributed by atoms with Crippen molar-refractivity contribution < 1.29 is 19.4 Å². The Morgan fingerprint density at radius 3 is 2.04 bits per heavy atom. The molecule has 0 aliphatic heterocycles. The Labute approximate surface area is 149 Å². The van der Waals surface area contributed by atoms with Gasteiger partial charge in [-0.25, -0.2) is 0 Å². The van der Waals surface area contributed by atoms with E-state index in [-0.39, 0.29) is 38.8 Å². The number of carbonyl (C=O) groups excluding carboxylic acids is 1. The summed E-state index contributed by atoms with van der Waals surface area (Å²) in [5.41, 5.74) is 6.80. The van der Waals surface area contributed by atoms with Crippen LogP contribution in [0.3, 0.4) is 0 Å². The highest BCUT2D eigenvalue weighted by Crippen LogP contribution is 2.37. The van der Waals surface area contributed by atoms with Crippen molar-refractivity contribution in [1.82, 2.24) is 0 Å². The van der Waals surface area contributed by atoms with Gasteiger partial charge in [-0.1, -0.05) is 29.3 Å². The van der Waals surface area contributed by atoms with Gasteiger partial charge in [0.25, 0.3) is 0 Å². The van der Waals surface area contributed by atoms with Crippen LogP contribution in [0.25, 0.3) is 6.08 Å². The maximum absolute atomic E-state index is 12.3. The number of rotatable bonds is 5. The molecule has 3 N–H and O–H groups in total. The van der Waals surface area contributed by atoms with Crippen molar-refractivity contribution in [1.29, 1.82) is 0 Å². The Morgan fingerprint density at radius 1 is 1.08 bits per heavy atom. The number of benzene rings is 2. The molecule has 0 aliphatic rings. The van der Waals surface area contributed by atoms with E-state index in [4.69, 9.17) is 38.4 Å². The van der Waals surface area contributed by atoms with Gasteiger partial charge in [0.2, 0.25) is 5.75 Å². The number of anilines is 1. The predicted molar refractivity (Wildman–Crippen MR) is 95.4 cm³/mol. The number of nitrogens with two attached hydrogens (primary N) is 1. The van der Waals surface area contributed by atoms with E-state index in [1.807, 2.05) is 0 Å². The average molecular weight is 368 g/mol. The van der Waals surface area contributed by atoms with E-state index in [0.29, 0.717) is 11.1 Å². The van der Waals surface area contributed by atoms with Gasteiger partial charge < -0.3 is 20.3 Å². The first-order valence-electron chi connectivity index (χ1n) is 6.79. The van der Waals surface area contributed by atoms with E-state index in [1.165, 1.54) is 32.4 Å². The van der Waals surface area contributed by atoms with Gasteiger partial charge in [0.1, 0.15) is 0 Å². The fourth-order valence-electron chi connectivity index (χ4n) is 2.00. The SMILES string of the molecule is COc1cc(/C=C/C(=O)c2cc(Cl)c(N)c(Cl)c2)cc(OC)c1O. The van der Waals surface area contributed by atoms with Crippen LogP contribution >= 0.6 is 23.2 Å². The number of carbonyl (C=O) groups is 1. The van der Waals surface area contributed by atoms with Crippen LogP contribution in [-0.2, 0) is 0 Å². The lowest BCUT2D eigenvalue weighted by Crippen LogP contribution is -1.97. The normalized spacial score (nSPS) is 10.8. The summed E-state index contributed by atoms with van der Waals surface area (Å²) in [6.07, 6.45) is 2.91. The number of ether oxygens (including phenoxy) is 2. The van der Waals surface area contributed by atoms with E-state index >= 15 is 0 Å². The number of ketones is 1. The van der Waals surface area contributed by atoms with E-state index in [0.717, 1.165) is 0 Å². The number of methoxy groups -OCH3 is 2. The lowest BCUT2D eigenvalue weighted by Gasteiger charge is -2.09. The van der Waals surface area contributed by atoms with Crippen LogP contribution in [0.4, 0.5) is 5.69 Å². The monoisotopic (exact) mass is 367 g/mol. The summed E-state index contributed by atoms with van der Waals surface area (Å²) < 4.78 is 10.1. The zero-order chi connectivity index (χ0) is 17.9. The topological polar surface area (TPSA) is 81.8 Å². The number of hydrogen-bond acceptors (Lipinski definition) is 5. The molecule has 7 heteroatoms. The molecule has 2 rings (SSSR count). The molecule has 0 bridgehead atoms. The minimum atomic E-state index is -0.301. The summed E-state index contributed by atoms with van der Waals surface area (Å²) >= 11 is 11.9. The van der Waals surface area contributed by atoms with Crippen LogP contribution in [0.2, 0.25) is 10.0 Å². The zero-order valence-electron chi connectivity index (χ0n) is 13.0. The molecule has 0 aromatic heterocycles. The molecule has 2 aromatic rings. The van der Waals surface area contributed by atoms with Crippen LogP contribution < -0.4 is 15.2 Å². The molecule has 0 heterocycles. The third-order valence-corrected chi connectivity index (χ3v) is 3.92. The number of nitrogen functional groups attached to an aromatic ring is 1. The van der Waals surface area contributed by atoms with Crippen LogP contribution in [0.5, 0.6) is 17.2 Å². The van der Waals surface area contributed by atoms with Crippen LogP contribution in [-0.4, -0.2) is 25.1 Å². The lowest BCUT2D eigenvalue weighted by atomic mass is 10.1. The molecule has 2 aromatic carbocycles. The molecule has 126 valence electrons. The van der Waals surface area contributed by atoms with Gasteiger partial charge in [-0.05, 0) is 35.9 Å². The molecule has 0 aliphatic carbocycles. The molecule has 0 amide bonds. The largest absolute Gasteiger partial charge is 0.502 e. The van der Waals surface area contributed by atoms with Gasteiger partial charge in [0, 0.05) is 5.56 Å². The molecule has 0 spiro atoms. The number of allylic oxidation sites excluding steroid dienone is 1. The van der Waals surface area contributed by atoms with Gasteiger partial charge in [-0.15, -0.1) is 0 Å². The van der Waals surface area contributed by atoms with Gasteiger partial charge >= 0.3 is 0 Å². The minimum Gasteiger partial charge on any atom is -0.502 e. The molecule has 0 atom stereocenters. The maximum atomic E-state index is 12.3. The molecular formula is C17H15Cl2NO4. The van der Waals surface area contributed by atoms with Crippen molar-refractivity contribution in [2.45, 2.75) is 0 Å². The number of hydrogen-bond donors (Lipinski definition) is 2. The first kappa shape index (κ1) is 18.0. The second-order valence-corrected chi connectivity index (χ2v) is 5.64. The highest BCUT2D eigenvalue weighted by Gasteiger charge is 2.11. The molecule has 24 heavy (non-hydrogen) atoms. The van der Waals surface area contributed by atoms with Gasteiger partial charge in [-0.3, -0.25) is 4.79 Å². The van der Waals surface area contributed by atoms with Crippen molar-refractivity contribution >= 4 is 40.7 Å². The second kappa shape index (κ2) is 7.47. The molecule has 0 saturated heterocycles. The average Bonchev–Trinajstić information content (AvgIpc) is 2.57. The summed E-state index contributed by atoms with van der Waals surface area (Å²) in [5.74, 6) is 0.0606. The van der Waals surface area contributed by atoms with E-state index < -0.39 is 0 Å². The molecular weight excluding hydrogens is 353 g/mol. The molecule has 0 radical (unpaired) electrons. The maximum Gasteiger partial charge on any atom is 0.200 e. The van der Waals surface area contributed by atoms with Crippen molar-refractivity contribution in [2.75, 3.05) is 20.0 Å². The van der Waals surface area contributed by atoms with Gasteiger partial charge in [0.15, 0.2) is 17.3 Å². The van der Waals surface area contributed by atoms with Crippen LogP contribution in [0.1, 0.15) is 15.9 Å². The quantitative estimate of drug-likeness (QED) is 0.470. The third-order valence-electron chi connectivity index (χ3n) is 3.29. The fourth-order valence-corrected chi connectivity index (χ4v) is 2.49. The third kappa shape index (κ3) is 3.75. The molecule has 5 nitrogen and oxygen atoms in total. The van der Waals surface area contributed by atoms with Crippen molar-refractivity contribution in [3.8, 4) is 17.2 Å². The zero-order valence-corrected chi connectivity index (χ0v) is 14.5. The number of phenolic OH excluding ortho intramolecular Hbond substituents is 1. The van der Waals surface area contributed by atoms with Crippen LogP contribution in [0, 0.1) is 0 Å².